The van der Waals surface area contributed by atoms with Gasteiger partial charge in [0.05, 0.1) is 0 Å². The van der Waals surface area contributed by atoms with E-state index in [9.17, 15) is 14.4 Å². The van der Waals surface area contributed by atoms with Gasteiger partial charge in [-0.05, 0) is 84.0 Å². The van der Waals surface area contributed by atoms with Gasteiger partial charge in [-0.25, -0.2) is 0 Å². The molecule has 8 heteroatoms. The zero-order chi connectivity index (χ0) is 26.9. The van der Waals surface area contributed by atoms with Gasteiger partial charge in [-0.2, -0.15) is 0 Å². The van der Waals surface area contributed by atoms with E-state index in [1.807, 2.05) is 0 Å². The van der Waals surface area contributed by atoms with Crippen LogP contribution in [-0.4, -0.2) is 22.6 Å². The van der Waals surface area contributed by atoms with E-state index in [1.54, 1.807) is 103 Å². The lowest BCUT2D eigenvalue weighted by Crippen LogP contribution is -2.30. The molecule has 0 aliphatic heterocycles. The largest absolute Gasteiger partial charge is 0.321 e. The Bertz CT molecular complexity index is 1520. The smallest absolute Gasteiger partial charge is 0.272 e. The van der Waals surface area contributed by atoms with Gasteiger partial charge in [-0.3, -0.25) is 19.4 Å². The molecule has 38 heavy (non-hydrogen) atoms. The average molecular weight is 542 g/mol. The first-order chi connectivity index (χ1) is 18.4. The van der Waals surface area contributed by atoms with Gasteiger partial charge in [0.1, 0.15) is 5.70 Å². The molecule has 1 aromatic heterocycles. The van der Waals surface area contributed by atoms with Crippen LogP contribution in [0.15, 0.2) is 109 Å². The third-order valence-electron chi connectivity index (χ3n) is 5.33. The molecule has 0 radical (unpaired) electrons. The molecule has 0 fully saturated rings. The molecule has 0 saturated heterocycles. The highest BCUT2D eigenvalue weighted by atomic mass is 35.5. The van der Waals surface area contributed by atoms with E-state index in [1.165, 1.54) is 12.2 Å². The number of hydrogen-bond donors (Lipinski definition) is 2. The highest BCUT2D eigenvalue weighted by Gasteiger charge is 2.15. The zero-order valence-corrected chi connectivity index (χ0v) is 21.4. The number of aromatic nitrogens is 1. The lowest BCUT2D eigenvalue weighted by Gasteiger charge is -2.11. The fourth-order valence-electron chi connectivity index (χ4n) is 3.39. The number of allylic oxidation sites excluding steroid dienone is 1. The predicted molar refractivity (Wildman–Crippen MR) is 151 cm³/mol. The summed E-state index contributed by atoms with van der Waals surface area (Å²) in [5.41, 5.74) is 2.62. The lowest BCUT2D eigenvalue weighted by atomic mass is 10.1. The number of ketones is 1. The van der Waals surface area contributed by atoms with E-state index in [0.29, 0.717) is 38.0 Å². The van der Waals surface area contributed by atoms with Crippen molar-refractivity contribution in [1.29, 1.82) is 0 Å². The van der Waals surface area contributed by atoms with Crippen LogP contribution >= 0.6 is 23.2 Å². The molecule has 0 unspecified atom stereocenters. The Labute approximate surface area is 229 Å². The second kappa shape index (κ2) is 12.6. The minimum Gasteiger partial charge on any atom is -0.321 e. The summed E-state index contributed by atoms with van der Waals surface area (Å²) >= 11 is 12.1. The Morgan fingerprint density at radius 2 is 1.58 bits per heavy atom. The van der Waals surface area contributed by atoms with Crippen molar-refractivity contribution >= 4 is 58.6 Å². The number of amides is 2. The van der Waals surface area contributed by atoms with Gasteiger partial charge >= 0.3 is 0 Å². The summed E-state index contributed by atoms with van der Waals surface area (Å²) in [5.74, 6) is -1.19. The van der Waals surface area contributed by atoms with Gasteiger partial charge in [-0.15, -0.1) is 0 Å². The molecule has 6 nitrogen and oxygen atoms in total. The first-order valence-electron chi connectivity index (χ1n) is 11.5. The molecule has 1 heterocycles. The molecular weight excluding hydrogens is 521 g/mol. The van der Waals surface area contributed by atoms with Crippen LogP contribution < -0.4 is 10.6 Å². The molecule has 0 aliphatic rings. The molecule has 4 aromatic rings. The molecule has 3 aromatic carbocycles. The van der Waals surface area contributed by atoms with Crippen LogP contribution in [0.1, 0.15) is 31.8 Å². The van der Waals surface area contributed by atoms with Crippen LogP contribution in [0, 0.1) is 0 Å². The summed E-state index contributed by atoms with van der Waals surface area (Å²) in [7, 11) is 0. The summed E-state index contributed by atoms with van der Waals surface area (Å²) < 4.78 is 0. The Kier molecular flexibility index (Phi) is 8.82. The number of carbonyl (C=O) groups excluding carboxylic acids is 3. The summed E-state index contributed by atoms with van der Waals surface area (Å²) in [6.45, 7) is 0. The van der Waals surface area contributed by atoms with Crippen molar-refractivity contribution in [2.45, 2.75) is 0 Å². The number of pyridine rings is 1. The number of nitrogens with one attached hydrogen (secondary N) is 2. The third kappa shape index (κ3) is 7.26. The van der Waals surface area contributed by atoms with Crippen molar-refractivity contribution in [2.24, 2.45) is 0 Å². The standard InChI is InChI=1S/C30H21Cl2N3O3/c31-24-12-8-21(26(32)18-24)11-15-28(36)22-9-13-25(14-10-22)34-30(38)27(17-20-5-4-16-33-19-20)35-29(37)23-6-2-1-3-7-23/h1-19H,(H,34,38)(H,35,37)/b15-11+,27-17-. The van der Waals surface area contributed by atoms with Crippen molar-refractivity contribution in [3.05, 3.63) is 141 Å². The predicted octanol–water partition coefficient (Wildman–Crippen LogP) is 6.69. The number of carbonyl (C=O) groups is 3. The van der Waals surface area contributed by atoms with Crippen LogP contribution in [0.2, 0.25) is 10.0 Å². The minimum atomic E-state index is -0.533. The Morgan fingerprint density at radius 3 is 2.26 bits per heavy atom. The van der Waals surface area contributed by atoms with Crippen molar-refractivity contribution in [1.82, 2.24) is 10.3 Å². The van der Waals surface area contributed by atoms with Crippen LogP contribution in [0.25, 0.3) is 12.2 Å². The van der Waals surface area contributed by atoms with Gasteiger partial charge in [0.15, 0.2) is 5.78 Å². The molecule has 0 aliphatic carbocycles. The van der Waals surface area contributed by atoms with E-state index in [2.05, 4.69) is 15.6 Å². The molecular formula is C30H21Cl2N3O3. The maximum absolute atomic E-state index is 13.1. The maximum atomic E-state index is 13.1. The maximum Gasteiger partial charge on any atom is 0.272 e. The minimum absolute atomic E-state index is 0.0368. The molecule has 4 rings (SSSR count). The van der Waals surface area contributed by atoms with Crippen LogP contribution in [0.3, 0.4) is 0 Å². The molecule has 2 amide bonds. The number of anilines is 1. The van der Waals surface area contributed by atoms with E-state index in [-0.39, 0.29) is 11.5 Å². The first-order valence-corrected chi connectivity index (χ1v) is 12.2. The van der Waals surface area contributed by atoms with Crippen molar-refractivity contribution in [2.75, 3.05) is 5.32 Å². The molecule has 0 bridgehead atoms. The summed E-state index contributed by atoms with van der Waals surface area (Å²) in [6.07, 6.45) is 7.75. The van der Waals surface area contributed by atoms with Crippen molar-refractivity contribution in [3.8, 4) is 0 Å². The Balaban J connectivity index is 1.47. The molecule has 0 atom stereocenters. The molecule has 188 valence electrons. The Hall–Kier alpha value is -4.52. The lowest BCUT2D eigenvalue weighted by molar-refractivity contribution is -0.113. The van der Waals surface area contributed by atoms with E-state index in [0.717, 1.165) is 0 Å². The number of benzene rings is 3. The zero-order valence-electron chi connectivity index (χ0n) is 19.9. The third-order valence-corrected chi connectivity index (χ3v) is 5.89. The van der Waals surface area contributed by atoms with Gasteiger partial charge < -0.3 is 10.6 Å². The van der Waals surface area contributed by atoms with Crippen molar-refractivity contribution in [3.63, 3.8) is 0 Å². The van der Waals surface area contributed by atoms with Crippen molar-refractivity contribution < 1.29 is 14.4 Å². The topological polar surface area (TPSA) is 88.2 Å². The fourth-order valence-corrected chi connectivity index (χ4v) is 3.86. The summed E-state index contributed by atoms with van der Waals surface area (Å²) in [6, 6.07) is 23.5. The average Bonchev–Trinajstić information content (AvgIpc) is 2.93. The second-order valence-corrected chi connectivity index (χ2v) is 8.90. The fraction of sp³-hybridized carbons (Fsp3) is 0. The highest BCUT2D eigenvalue weighted by molar-refractivity contribution is 6.35. The van der Waals surface area contributed by atoms with Crippen LogP contribution in [-0.2, 0) is 4.79 Å². The van der Waals surface area contributed by atoms with Crippen LogP contribution in [0.4, 0.5) is 5.69 Å². The van der Waals surface area contributed by atoms with Gasteiger partial charge in [0.25, 0.3) is 11.8 Å². The van der Waals surface area contributed by atoms with E-state index < -0.39 is 11.8 Å². The molecule has 2 N–H and O–H groups in total. The quantitative estimate of drug-likeness (QED) is 0.192. The first kappa shape index (κ1) is 26.5. The summed E-state index contributed by atoms with van der Waals surface area (Å²) in [4.78, 5) is 42.5. The second-order valence-electron chi connectivity index (χ2n) is 8.06. The number of hydrogen-bond acceptors (Lipinski definition) is 4. The number of rotatable bonds is 8. The normalized spacial score (nSPS) is 11.3. The monoisotopic (exact) mass is 541 g/mol. The van der Waals surface area contributed by atoms with Gasteiger partial charge in [0, 0.05) is 39.3 Å². The molecule has 0 saturated carbocycles. The van der Waals surface area contributed by atoms with Gasteiger partial charge in [-0.1, -0.05) is 53.5 Å². The van der Waals surface area contributed by atoms with E-state index in [4.69, 9.17) is 23.2 Å². The van der Waals surface area contributed by atoms with Crippen LogP contribution in [0.5, 0.6) is 0 Å². The SMILES string of the molecule is O=C(Nc1ccc(C(=O)/C=C/c2ccc(Cl)cc2Cl)cc1)/C(=C/c1cccnc1)NC(=O)c1ccccc1. The highest BCUT2D eigenvalue weighted by Crippen LogP contribution is 2.22. The Morgan fingerprint density at radius 1 is 0.816 bits per heavy atom. The number of halogens is 2. The van der Waals surface area contributed by atoms with E-state index >= 15 is 0 Å². The number of nitrogens with zero attached hydrogens (tertiary/aromatic N) is 1. The molecule has 0 spiro atoms. The summed E-state index contributed by atoms with van der Waals surface area (Å²) in [5, 5.41) is 6.37. The van der Waals surface area contributed by atoms with Gasteiger partial charge in [0.2, 0.25) is 0 Å².